The van der Waals surface area contributed by atoms with Gasteiger partial charge in [0.15, 0.2) is 0 Å². The van der Waals surface area contributed by atoms with Gasteiger partial charge in [-0.05, 0) is 64.4 Å². The fraction of sp³-hybridized carbons (Fsp3) is 0.400. The number of halogens is 1. The van der Waals surface area contributed by atoms with E-state index in [1.165, 1.54) is 37.7 Å². The normalized spacial score (nSPS) is 19.1. The van der Waals surface area contributed by atoms with E-state index >= 15 is 0 Å². The lowest BCUT2D eigenvalue weighted by molar-refractivity contribution is 0.102. The molecule has 3 rings (SSSR count). The number of benzene rings is 1. The number of amides is 1. The molecule has 24 heavy (non-hydrogen) atoms. The smallest absolute Gasteiger partial charge is 0.258 e. The standard InChI is InChI=1S/C20H23BrN2O/c1-2-3-4-8-14-13-17(14)15-9-5-6-11-18(15)23-20(24)16-10-7-12-22-19(16)21/h5-7,9-12,14,17H,2-4,8,13H2,1H3,(H,23,24). The van der Waals surface area contributed by atoms with Crippen LogP contribution in [0.15, 0.2) is 47.2 Å². The Morgan fingerprint density at radius 3 is 2.88 bits per heavy atom. The van der Waals surface area contributed by atoms with E-state index in [0.29, 0.717) is 16.1 Å². The molecule has 126 valence electrons. The minimum Gasteiger partial charge on any atom is -0.322 e. The van der Waals surface area contributed by atoms with Crippen molar-refractivity contribution in [2.75, 3.05) is 5.32 Å². The van der Waals surface area contributed by atoms with Crippen molar-refractivity contribution in [3.63, 3.8) is 0 Å². The zero-order valence-electron chi connectivity index (χ0n) is 14.0. The molecule has 0 saturated heterocycles. The Bertz CT molecular complexity index is 716. The van der Waals surface area contributed by atoms with Gasteiger partial charge in [0.05, 0.1) is 5.56 Å². The van der Waals surface area contributed by atoms with Crippen molar-refractivity contribution in [3.05, 3.63) is 58.3 Å². The van der Waals surface area contributed by atoms with E-state index in [4.69, 9.17) is 0 Å². The lowest BCUT2D eigenvalue weighted by Crippen LogP contribution is -2.14. The summed E-state index contributed by atoms with van der Waals surface area (Å²) in [7, 11) is 0. The van der Waals surface area contributed by atoms with Crippen molar-refractivity contribution in [2.45, 2.75) is 44.9 Å². The molecule has 0 bridgehead atoms. The maximum atomic E-state index is 12.5. The van der Waals surface area contributed by atoms with Gasteiger partial charge in [-0.25, -0.2) is 4.98 Å². The SMILES string of the molecule is CCCCCC1CC1c1ccccc1NC(=O)c1cccnc1Br. The van der Waals surface area contributed by atoms with Gasteiger partial charge in [-0.15, -0.1) is 0 Å². The van der Waals surface area contributed by atoms with Crippen LogP contribution in [0.5, 0.6) is 0 Å². The van der Waals surface area contributed by atoms with Crippen LogP contribution < -0.4 is 5.32 Å². The second kappa shape index (κ2) is 7.93. The minimum absolute atomic E-state index is 0.120. The number of pyridine rings is 1. The number of hydrogen-bond donors (Lipinski definition) is 1. The van der Waals surface area contributed by atoms with E-state index in [2.05, 4.69) is 45.3 Å². The largest absolute Gasteiger partial charge is 0.322 e. The molecule has 1 heterocycles. The van der Waals surface area contributed by atoms with Gasteiger partial charge in [0.2, 0.25) is 0 Å². The molecule has 1 aliphatic rings. The molecule has 0 aliphatic heterocycles. The van der Waals surface area contributed by atoms with Crippen molar-refractivity contribution in [2.24, 2.45) is 5.92 Å². The van der Waals surface area contributed by atoms with E-state index < -0.39 is 0 Å². The van der Waals surface area contributed by atoms with Crippen LogP contribution >= 0.6 is 15.9 Å². The number of nitrogens with one attached hydrogen (secondary N) is 1. The number of carbonyl (C=O) groups excluding carboxylic acids is 1. The second-order valence-corrected chi connectivity index (χ2v) is 7.23. The highest BCUT2D eigenvalue weighted by Crippen LogP contribution is 2.52. The van der Waals surface area contributed by atoms with Crippen molar-refractivity contribution in [1.29, 1.82) is 0 Å². The highest BCUT2D eigenvalue weighted by Gasteiger charge is 2.38. The summed E-state index contributed by atoms with van der Waals surface area (Å²) in [5.74, 6) is 1.25. The zero-order chi connectivity index (χ0) is 16.9. The molecule has 1 aromatic heterocycles. The number of aromatic nitrogens is 1. The van der Waals surface area contributed by atoms with Gasteiger partial charge in [0.1, 0.15) is 4.60 Å². The third kappa shape index (κ3) is 4.04. The van der Waals surface area contributed by atoms with Crippen LogP contribution in [-0.2, 0) is 0 Å². The molecular weight excluding hydrogens is 364 g/mol. The number of anilines is 1. The lowest BCUT2D eigenvalue weighted by Gasteiger charge is -2.11. The molecule has 1 aromatic carbocycles. The minimum atomic E-state index is -0.120. The second-order valence-electron chi connectivity index (χ2n) is 6.48. The Hall–Kier alpha value is -1.68. The van der Waals surface area contributed by atoms with Gasteiger partial charge < -0.3 is 5.32 Å². The first-order valence-corrected chi connectivity index (χ1v) is 9.50. The zero-order valence-corrected chi connectivity index (χ0v) is 15.6. The van der Waals surface area contributed by atoms with Gasteiger partial charge in [-0.2, -0.15) is 0 Å². The van der Waals surface area contributed by atoms with Crippen molar-refractivity contribution < 1.29 is 4.79 Å². The summed E-state index contributed by atoms with van der Waals surface area (Å²) < 4.78 is 0.573. The number of nitrogens with zero attached hydrogens (tertiary/aromatic N) is 1. The predicted octanol–water partition coefficient (Wildman–Crippen LogP) is 5.78. The molecule has 2 aromatic rings. The number of hydrogen-bond acceptors (Lipinski definition) is 2. The molecule has 4 heteroatoms. The van der Waals surface area contributed by atoms with Crippen LogP contribution in [0.25, 0.3) is 0 Å². The van der Waals surface area contributed by atoms with Crippen LogP contribution in [-0.4, -0.2) is 10.9 Å². The van der Waals surface area contributed by atoms with Gasteiger partial charge in [-0.1, -0.05) is 44.4 Å². The molecule has 1 amide bonds. The molecule has 1 saturated carbocycles. The molecule has 3 nitrogen and oxygen atoms in total. The van der Waals surface area contributed by atoms with Gasteiger partial charge >= 0.3 is 0 Å². The summed E-state index contributed by atoms with van der Waals surface area (Å²) in [6.45, 7) is 2.24. The summed E-state index contributed by atoms with van der Waals surface area (Å²) in [6.07, 6.45) is 8.11. The molecule has 2 atom stereocenters. The van der Waals surface area contributed by atoms with Gasteiger partial charge in [0, 0.05) is 11.9 Å². The maximum Gasteiger partial charge on any atom is 0.258 e. The number of rotatable bonds is 7. The highest BCUT2D eigenvalue weighted by molar-refractivity contribution is 9.10. The summed E-state index contributed by atoms with van der Waals surface area (Å²) >= 11 is 3.34. The maximum absolute atomic E-state index is 12.5. The predicted molar refractivity (Wildman–Crippen MR) is 101 cm³/mol. The Morgan fingerprint density at radius 2 is 2.08 bits per heavy atom. The van der Waals surface area contributed by atoms with Gasteiger partial charge in [-0.3, -0.25) is 4.79 Å². The third-order valence-corrected chi connectivity index (χ3v) is 5.35. The first-order chi connectivity index (χ1) is 11.7. The average molecular weight is 387 g/mol. The molecule has 0 radical (unpaired) electrons. The molecule has 0 spiro atoms. The van der Waals surface area contributed by atoms with Crippen LogP contribution in [0, 0.1) is 5.92 Å². The van der Waals surface area contributed by atoms with Gasteiger partial charge in [0.25, 0.3) is 5.91 Å². The molecule has 1 N–H and O–H groups in total. The average Bonchev–Trinajstić information content (AvgIpc) is 3.35. The lowest BCUT2D eigenvalue weighted by atomic mass is 10.0. The van der Waals surface area contributed by atoms with E-state index in [1.54, 1.807) is 18.3 Å². The van der Waals surface area contributed by atoms with Crippen molar-refractivity contribution in [3.8, 4) is 0 Å². The van der Waals surface area contributed by atoms with Crippen molar-refractivity contribution >= 4 is 27.5 Å². The number of unbranched alkanes of at least 4 members (excludes halogenated alkanes) is 2. The summed E-state index contributed by atoms with van der Waals surface area (Å²) in [5.41, 5.74) is 2.76. The van der Waals surface area contributed by atoms with Crippen LogP contribution in [0.3, 0.4) is 0 Å². The summed E-state index contributed by atoms with van der Waals surface area (Å²) in [6, 6.07) is 11.7. The Labute approximate surface area is 152 Å². The fourth-order valence-electron chi connectivity index (χ4n) is 3.28. The number of para-hydroxylation sites is 1. The molecule has 1 aliphatic carbocycles. The fourth-order valence-corrected chi connectivity index (χ4v) is 3.71. The van der Waals surface area contributed by atoms with E-state index in [1.807, 2.05) is 12.1 Å². The summed E-state index contributed by atoms with van der Waals surface area (Å²) in [4.78, 5) is 16.7. The first-order valence-electron chi connectivity index (χ1n) is 8.71. The Morgan fingerprint density at radius 1 is 1.25 bits per heavy atom. The van der Waals surface area contributed by atoms with E-state index in [-0.39, 0.29) is 5.91 Å². The van der Waals surface area contributed by atoms with Crippen LogP contribution in [0.4, 0.5) is 5.69 Å². The Balaban J connectivity index is 1.69. The molecular formula is C20H23BrN2O. The van der Waals surface area contributed by atoms with E-state index in [0.717, 1.165) is 11.6 Å². The topological polar surface area (TPSA) is 42.0 Å². The van der Waals surface area contributed by atoms with Crippen molar-refractivity contribution in [1.82, 2.24) is 4.98 Å². The number of carbonyl (C=O) groups is 1. The van der Waals surface area contributed by atoms with E-state index in [9.17, 15) is 4.79 Å². The molecule has 2 unspecified atom stereocenters. The molecule has 1 fully saturated rings. The highest BCUT2D eigenvalue weighted by atomic mass is 79.9. The van der Waals surface area contributed by atoms with Crippen LogP contribution in [0.2, 0.25) is 0 Å². The quantitative estimate of drug-likeness (QED) is 0.483. The third-order valence-electron chi connectivity index (χ3n) is 4.71. The summed E-state index contributed by atoms with van der Waals surface area (Å²) in [5, 5.41) is 3.07. The monoisotopic (exact) mass is 386 g/mol. The van der Waals surface area contributed by atoms with Crippen LogP contribution in [0.1, 0.15) is 60.9 Å². The Kier molecular flexibility index (Phi) is 5.67. The first kappa shape index (κ1) is 17.2.